The van der Waals surface area contributed by atoms with Crippen LogP contribution in [0.1, 0.15) is 55.2 Å². The molecular weight excluding hydrogens is 420 g/mol. The third-order valence-electron chi connectivity index (χ3n) is 5.75. The second-order valence-corrected chi connectivity index (χ2v) is 11.1. The van der Waals surface area contributed by atoms with Crippen molar-refractivity contribution in [3.8, 4) is 0 Å². The number of alkyl halides is 1. The molecule has 0 aliphatic heterocycles. The minimum Gasteiger partial charge on any atom is -0.131 e. The van der Waals surface area contributed by atoms with E-state index in [1.54, 1.807) is 11.3 Å². The van der Waals surface area contributed by atoms with Crippen molar-refractivity contribution in [2.45, 2.75) is 50.3 Å². The molecule has 0 radical (unpaired) electrons. The van der Waals surface area contributed by atoms with Gasteiger partial charge in [0.15, 0.2) is 0 Å². The molecule has 4 heteroatoms. The van der Waals surface area contributed by atoms with E-state index >= 15 is 0 Å². The van der Waals surface area contributed by atoms with Crippen LogP contribution in [0.15, 0.2) is 14.3 Å². The number of rotatable bonds is 3. The maximum atomic E-state index is 6.80. The zero-order valence-corrected chi connectivity index (χ0v) is 16.1. The number of hydrogen-bond donors (Lipinski definition) is 0. The lowest BCUT2D eigenvalue weighted by atomic mass is 9.48. The van der Waals surface area contributed by atoms with E-state index in [-0.39, 0.29) is 5.38 Å². The molecule has 20 heavy (non-hydrogen) atoms. The molecule has 4 saturated carbocycles. The molecule has 1 atom stereocenters. The molecule has 0 amide bonds. The molecule has 0 saturated heterocycles. The molecule has 4 fully saturated rings. The third kappa shape index (κ3) is 2.55. The van der Waals surface area contributed by atoms with Crippen LogP contribution < -0.4 is 0 Å². The average Bonchev–Trinajstić information content (AvgIpc) is 2.67. The largest absolute Gasteiger partial charge is 0.131 e. The van der Waals surface area contributed by atoms with Crippen molar-refractivity contribution < 1.29 is 0 Å². The molecule has 1 heterocycles. The first-order valence-corrected chi connectivity index (χ1v) is 10.5. The molecule has 0 spiro atoms. The summed E-state index contributed by atoms with van der Waals surface area (Å²) in [6.07, 6.45) is 10.1. The summed E-state index contributed by atoms with van der Waals surface area (Å²) in [5, 5.41) is 0.193. The third-order valence-corrected chi connectivity index (χ3v) is 9.64. The van der Waals surface area contributed by atoms with Crippen molar-refractivity contribution in [1.29, 1.82) is 0 Å². The van der Waals surface area contributed by atoms with Gasteiger partial charge in [0.2, 0.25) is 0 Å². The Bertz CT molecular complexity index is 470. The molecular formula is C16H19Br2ClS. The lowest BCUT2D eigenvalue weighted by molar-refractivity contribution is -0.0575. The summed E-state index contributed by atoms with van der Waals surface area (Å²) in [4.78, 5) is 1.32. The van der Waals surface area contributed by atoms with Gasteiger partial charge in [-0.3, -0.25) is 0 Å². The summed E-state index contributed by atoms with van der Waals surface area (Å²) >= 11 is 15.8. The van der Waals surface area contributed by atoms with E-state index in [0.717, 1.165) is 22.2 Å². The normalized spacial score (nSPS) is 40.2. The molecule has 0 N–H and O–H groups in total. The minimum atomic E-state index is 0.193. The highest BCUT2D eigenvalue weighted by atomic mass is 79.9. The van der Waals surface area contributed by atoms with Crippen LogP contribution >= 0.6 is 54.8 Å². The molecule has 0 nitrogen and oxygen atoms in total. The van der Waals surface area contributed by atoms with Gasteiger partial charge < -0.3 is 0 Å². The van der Waals surface area contributed by atoms with E-state index in [1.807, 2.05) is 0 Å². The van der Waals surface area contributed by atoms with Crippen LogP contribution in [0.3, 0.4) is 0 Å². The summed E-state index contributed by atoms with van der Waals surface area (Å²) in [5.41, 5.74) is 0.574. The van der Waals surface area contributed by atoms with E-state index in [9.17, 15) is 0 Å². The number of halogens is 3. The molecule has 4 bridgehead atoms. The Morgan fingerprint density at radius 1 is 1.15 bits per heavy atom. The Hall–Kier alpha value is 0.950. The first-order chi connectivity index (χ1) is 9.53. The van der Waals surface area contributed by atoms with Gasteiger partial charge in [0.05, 0.1) is 9.16 Å². The predicted molar refractivity (Wildman–Crippen MR) is 93.5 cm³/mol. The van der Waals surface area contributed by atoms with Gasteiger partial charge in [-0.05, 0) is 106 Å². The van der Waals surface area contributed by atoms with Crippen molar-refractivity contribution in [2.75, 3.05) is 0 Å². The van der Waals surface area contributed by atoms with Gasteiger partial charge in [-0.15, -0.1) is 22.9 Å². The van der Waals surface area contributed by atoms with Crippen LogP contribution in [0.4, 0.5) is 0 Å². The zero-order valence-electron chi connectivity index (χ0n) is 11.4. The van der Waals surface area contributed by atoms with E-state index in [0.29, 0.717) is 5.41 Å². The minimum absolute atomic E-state index is 0.193. The van der Waals surface area contributed by atoms with Gasteiger partial charge in [0.25, 0.3) is 0 Å². The average molecular weight is 439 g/mol. The van der Waals surface area contributed by atoms with Gasteiger partial charge in [-0.25, -0.2) is 0 Å². The van der Waals surface area contributed by atoms with Gasteiger partial charge in [0.1, 0.15) is 0 Å². The molecule has 1 aromatic rings. The SMILES string of the molecule is ClC(CC12CC3CC(CC(C3)C1)C2)c1cc(Br)c(Br)s1. The maximum Gasteiger partial charge on any atom is 0.0843 e. The first-order valence-electron chi connectivity index (χ1n) is 7.62. The van der Waals surface area contributed by atoms with Gasteiger partial charge in [-0.1, -0.05) is 0 Å². The van der Waals surface area contributed by atoms with Crippen molar-refractivity contribution in [1.82, 2.24) is 0 Å². The topological polar surface area (TPSA) is 0 Å². The Morgan fingerprint density at radius 3 is 2.15 bits per heavy atom. The summed E-state index contributed by atoms with van der Waals surface area (Å²) < 4.78 is 2.32. The predicted octanol–water partition coefficient (Wildman–Crippen LogP) is 7.16. The van der Waals surface area contributed by atoms with E-state index in [4.69, 9.17) is 11.6 Å². The number of hydrogen-bond acceptors (Lipinski definition) is 1. The number of thiophene rings is 1. The van der Waals surface area contributed by atoms with Crippen LogP contribution in [0.5, 0.6) is 0 Å². The van der Waals surface area contributed by atoms with Crippen LogP contribution in [0, 0.1) is 23.2 Å². The van der Waals surface area contributed by atoms with Crippen LogP contribution in [0.2, 0.25) is 0 Å². The highest BCUT2D eigenvalue weighted by Gasteiger charge is 2.51. The highest BCUT2D eigenvalue weighted by Crippen LogP contribution is 2.63. The van der Waals surface area contributed by atoms with Gasteiger partial charge in [-0.2, -0.15) is 0 Å². The molecule has 1 aromatic heterocycles. The lowest BCUT2D eigenvalue weighted by Gasteiger charge is -2.57. The molecule has 4 aliphatic carbocycles. The van der Waals surface area contributed by atoms with E-state index in [1.165, 1.54) is 53.6 Å². The lowest BCUT2D eigenvalue weighted by Crippen LogP contribution is -2.46. The van der Waals surface area contributed by atoms with Crippen molar-refractivity contribution in [3.63, 3.8) is 0 Å². The summed E-state index contributed by atoms with van der Waals surface area (Å²) in [7, 11) is 0. The second-order valence-electron chi connectivity index (χ2n) is 7.36. The van der Waals surface area contributed by atoms with Crippen LogP contribution in [-0.4, -0.2) is 0 Å². The molecule has 1 unspecified atom stereocenters. The Kier molecular flexibility index (Phi) is 3.81. The second kappa shape index (κ2) is 5.25. The molecule has 0 aromatic carbocycles. The molecule has 5 rings (SSSR count). The first kappa shape index (κ1) is 14.5. The fraction of sp³-hybridized carbons (Fsp3) is 0.750. The summed E-state index contributed by atoms with van der Waals surface area (Å²) in [6.45, 7) is 0. The van der Waals surface area contributed by atoms with Crippen molar-refractivity contribution in [2.24, 2.45) is 23.2 Å². The van der Waals surface area contributed by atoms with E-state index in [2.05, 4.69) is 37.9 Å². The van der Waals surface area contributed by atoms with E-state index < -0.39 is 0 Å². The van der Waals surface area contributed by atoms with Crippen LogP contribution in [0.25, 0.3) is 0 Å². The Morgan fingerprint density at radius 2 is 1.70 bits per heavy atom. The molecule has 4 aliphatic rings. The van der Waals surface area contributed by atoms with Gasteiger partial charge >= 0.3 is 0 Å². The Balaban J connectivity index is 1.53. The standard InChI is InChI=1S/C16H19Br2ClS/c17-12-4-14(20-15(12)18)13(19)8-16-5-9-1-10(6-16)3-11(2-9)7-16/h4,9-11,13H,1-3,5-8H2. The highest BCUT2D eigenvalue weighted by molar-refractivity contribution is 9.13. The molecule has 110 valence electrons. The van der Waals surface area contributed by atoms with Crippen LogP contribution in [-0.2, 0) is 0 Å². The van der Waals surface area contributed by atoms with Gasteiger partial charge in [0, 0.05) is 9.35 Å². The smallest absolute Gasteiger partial charge is 0.0843 e. The fourth-order valence-electron chi connectivity index (χ4n) is 5.54. The monoisotopic (exact) mass is 436 g/mol. The quantitative estimate of drug-likeness (QED) is 0.439. The fourth-order valence-corrected chi connectivity index (χ4v) is 8.13. The van der Waals surface area contributed by atoms with Crippen molar-refractivity contribution in [3.05, 3.63) is 19.2 Å². The summed E-state index contributed by atoms with van der Waals surface area (Å²) in [6, 6.07) is 2.20. The zero-order chi connectivity index (χ0) is 13.9. The Labute approximate surface area is 146 Å². The maximum absolute atomic E-state index is 6.80. The summed E-state index contributed by atoms with van der Waals surface area (Å²) in [5.74, 6) is 3.06. The van der Waals surface area contributed by atoms with Crippen molar-refractivity contribution >= 4 is 54.8 Å².